The van der Waals surface area contributed by atoms with Crippen LogP contribution in [0, 0.1) is 0 Å². The summed E-state index contributed by atoms with van der Waals surface area (Å²) < 4.78 is 4.69. The topological polar surface area (TPSA) is 64.3 Å². The van der Waals surface area contributed by atoms with E-state index in [2.05, 4.69) is 5.32 Å². The van der Waals surface area contributed by atoms with Crippen LogP contribution in [0.1, 0.15) is 0 Å². The zero-order valence-electron chi connectivity index (χ0n) is 5.68. The molecule has 1 atom stereocenters. The molecule has 0 bridgehead atoms. The minimum absolute atomic E-state index is 0.325. The van der Waals surface area contributed by atoms with Gasteiger partial charge in [-0.15, -0.1) is 0 Å². The van der Waals surface area contributed by atoms with Crippen LogP contribution in [0.25, 0.3) is 0 Å². The minimum atomic E-state index is -0.389. The van der Waals surface area contributed by atoms with E-state index in [9.17, 15) is 4.79 Å². The van der Waals surface area contributed by atoms with Gasteiger partial charge in [0.05, 0.1) is 6.61 Å². The average Bonchev–Trinajstić information content (AvgIpc) is 1.82. The maximum absolute atomic E-state index is 10.4. The predicted molar refractivity (Wildman–Crippen MR) is 33.9 cm³/mol. The van der Waals surface area contributed by atoms with Crippen molar-refractivity contribution < 1.29 is 9.53 Å². The molecule has 9 heavy (non-hydrogen) atoms. The summed E-state index contributed by atoms with van der Waals surface area (Å²) in [5.74, 6) is -0.389. The maximum Gasteiger partial charge on any atom is 0.236 e. The molecule has 0 radical (unpaired) electrons. The second-order valence-electron chi connectivity index (χ2n) is 1.70. The molecule has 0 saturated carbocycles. The molecular formula is C5H12N2O2. The van der Waals surface area contributed by atoms with Gasteiger partial charge in [0.25, 0.3) is 0 Å². The van der Waals surface area contributed by atoms with Gasteiger partial charge < -0.3 is 15.8 Å². The lowest BCUT2D eigenvalue weighted by Crippen LogP contribution is -2.42. The first-order chi connectivity index (χ1) is 4.22. The van der Waals surface area contributed by atoms with Gasteiger partial charge in [0.15, 0.2) is 0 Å². The van der Waals surface area contributed by atoms with Crippen molar-refractivity contribution >= 4 is 5.91 Å². The number of nitrogens with two attached hydrogens (primary N) is 1. The second-order valence-corrected chi connectivity index (χ2v) is 1.70. The van der Waals surface area contributed by atoms with Crippen LogP contribution < -0.4 is 11.1 Å². The first-order valence-electron chi connectivity index (χ1n) is 2.68. The van der Waals surface area contributed by atoms with Crippen LogP contribution in [-0.4, -0.2) is 32.7 Å². The average molecular weight is 132 g/mol. The minimum Gasteiger partial charge on any atom is -0.383 e. The Morgan fingerprint density at radius 3 is 2.56 bits per heavy atom. The molecule has 0 unspecified atom stereocenters. The van der Waals surface area contributed by atoms with Crippen LogP contribution in [0.4, 0.5) is 0 Å². The van der Waals surface area contributed by atoms with E-state index in [1.807, 2.05) is 0 Å². The number of likely N-dealkylation sites (N-methyl/N-ethyl adjacent to an activating group) is 1. The second kappa shape index (κ2) is 4.29. The van der Waals surface area contributed by atoms with Crippen LogP contribution in [0.15, 0.2) is 0 Å². The monoisotopic (exact) mass is 132 g/mol. The Bertz CT molecular complexity index is 95.0. The van der Waals surface area contributed by atoms with E-state index in [1.54, 1.807) is 7.05 Å². The summed E-state index contributed by atoms with van der Waals surface area (Å²) >= 11 is 0. The van der Waals surface area contributed by atoms with Crippen molar-refractivity contribution in [2.45, 2.75) is 6.04 Å². The van der Waals surface area contributed by atoms with Crippen molar-refractivity contribution in [1.29, 1.82) is 0 Å². The highest BCUT2D eigenvalue weighted by Gasteiger charge is 2.10. The molecule has 0 aromatic rings. The Morgan fingerprint density at radius 1 is 1.89 bits per heavy atom. The van der Waals surface area contributed by atoms with Crippen molar-refractivity contribution in [3.8, 4) is 0 Å². The van der Waals surface area contributed by atoms with Gasteiger partial charge in [0, 0.05) is 7.11 Å². The van der Waals surface area contributed by atoms with Crippen molar-refractivity contribution in [1.82, 2.24) is 5.32 Å². The molecule has 1 amide bonds. The largest absolute Gasteiger partial charge is 0.383 e. The number of hydrogen-bond acceptors (Lipinski definition) is 3. The fourth-order valence-electron chi connectivity index (χ4n) is 0.474. The van der Waals surface area contributed by atoms with Crippen LogP contribution in [0.3, 0.4) is 0 Å². The molecule has 0 saturated heterocycles. The quantitative estimate of drug-likeness (QED) is 0.500. The van der Waals surface area contributed by atoms with Crippen LogP contribution in [-0.2, 0) is 9.53 Å². The van der Waals surface area contributed by atoms with E-state index >= 15 is 0 Å². The zero-order chi connectivity index (χ0) is 7.28. The summed E-state index contributed by atoms with van der Waals surface area (Å²) in [6.07, 6.45) is 0. The summed E-state index contributed by atoms with van der Waals surface area (Å²) in [5, 5.41) is 2.70. The molecule has 0 aromatic heterocycles. The van der Waals surface area contributed by atoms with E-state index in [-0.39, 0.29) is 11.9 Å². The van der Waals surface area contributed by atoms with Gasteiger partial charge in [-0.2, -0.15) is 0 Å². The first-order valence-corrected chi connectivity index (χ1v) is 2.68. The van der Waals surface area contributed by atoms with E-state index in [0.717, 1.165) is 0 Å². The number of hydrogen-bond donors (Lipinski definition) is 2. The molecule has 0 spiro atoms. The first kappa shape index (κ1) is 8.39. The predicted octanol–water partition coefficient (Wildman–Crippen LogP) is -1.29. The lowest BCUT2D eigenvalue weighted by atomic mass is 10.3. The Labute approximate surface area is 54.4 Å². The molecule has 0 aromatic carbocycles. The normalized spacial score (nSPS) is 13.1. The lowest BCUT2D eigenvalue weighted by molar-refractivity contribution is -0.121. The molecule has 0 fully saturated rings. The molecular weight excluding hydrogens is 120 g/mol. The van der Waals surface area contributed by atoms with Crippen LogP contribution in [0.2, 0.25) is 0 Å². The van der Waals surface area contributed by atoms with E-state index in [0.29, 0.717) is 6.61 Å². The molecule has 0 rings (SSSR count). The van der Waals surface area contributed by atoms with E-state index < -0.39 is 0 Å². The molecule has 0 aliphatic carbocycles. The van der Waals surface area contributed by atoms with Gasteiger partial charge in [-0.1, -0.05) is 0 Å². The summed E-state index contributed by atoms with van der Waals surface area (Å²) in [7, 11) is 3.18. The lowest BCUT2D eigenvalue weighted by Gasteiger charge is -2.09. The third-order valence-electron chi connectivity index (χ3n) is 1.03. The van der Waals surface area contributed by atoms with Gasteiger partial charge in [-0.25, -0.2) is 0 Å². The Morgan fingerprint density at radius 2 is 2.44 bits per heavy atom. The van der Waals surface area contributed by atoms with Crippen molar-refractivity contribution in [3.63, 3.8) is 0 Å². The SMILES string of the molecule is CN[C@@H](COC)C(N)=O. The van der Waals surface area contributed by atoms with Gasteiger partial charge in [0.2, 0.25) is 5.91 Å². The number of ether oxygens (including phenoxy) is 1. The number of carbonyl (C=O) groups is 1. The third-order valence-corrected chi connectivity index (χ3v) is 1.03. The molecule has 4 heteroatoms. The maximum atomic E-state index is 10.4. The molecule has 4 nitrogen and oxygen atoms in total. The van der Waals surface area contributed by atoms with Crippen LogP contribution >= 0.6 is 0 Å². The number of amides is 1. The third kappa shape index (κ3) is 3.05. The number of nitrogens with one attached hydrogen (secondary N) is 1. The van der Waals surface area contributed by atoms with Gasteiger partial charge in [0.1, 0.15) is 6.04 Å². The summed E-state index contributed by atoms with van der Waals surface area (Å²) in [6, 6.07) is -0.366. The molecule has 3 N–H and O–H groups in total. The fourth-order valence-corrected chi connectivity index (χ4v) is 0.474. The summed E-state index contributed by atoms with van der Waals surface area (Å²) in [5.41, 5.74) is 4.95. The van der Waals surface area contributed by atoms with Gasteiger partial charge >= 0.3 is 0 Å². The highest BCUT2D eigenvalue weighted by atomic mass is 16.5. The van der Waals surface area contributed by atoms with Crippen molar-refractivity contribution in [2.24, 2.45) is 5.73 Å². The molecule has 0 heterocycles. The Balaban J connectivity index is 3.54. The van der Waals surface area contributed by atoms with Crippen molar-refractivity contribution in [2.75, 3.05) is 20.8 Å². The Hall–Kier alpha value is -0.610. The summed E-state index contributed by atoms with van der Waals surface area (Å²) in [6.45, 7) is 0.325. The molecule has 0 aliphatic heterocycles. The molecule has 0 aliphatic rings. The number of rotatable bonds is 4. The van der Waals surface area contributed by atoms with Crippen LogP contribution in [0.5, 0.6) is 0 Å². The highest BCUT2D eigenvalue weighted by Crippen LogP contribution is 1.79. The van der Waals surface area contributed by atoms with E-state index in [4.69, 9.17) is 10.5 Å². The Kier molecular flexibility index (Phi) is 4.00. The number of primary amides is 1. The fraction of sp³-hybridized carbons (Fsp3) is 0.800. The highest BCUT2D eigenvalue weighted by molar-refractivity contribution is 5.79. The molecule has 54 valence electrons. The van der Waals surface area contributed by atoms with E-state index in [1.165, 1.54) is 7.11 Å². The number of carbonyl (C=O) groups excluding carboxylic acids is 1. The van der Waals surface area contributed by atoms with Gasteiger partial charge in [-0.05, 0) is 7.05 Å². The number of methoxy groups -OCH3 is 1. The van der Waals surface area contributed by atoms with Crippen molar-refractivity contribution in [3.05, 3.63) is 0 Å². The summed E-state index contributed by atoms with van der Waals surface area (Å²) in [4.78, 5) is 10.4. The van der Waals surface area contributed by atoms with Gasteiger partial charge in [-0.3, -0.25) is 4.79 Å². The zero-order valence-corrected chi connectivity index (χ0v) is 5.68. The smallest absolute Gasteiger partial charge is 0.236 e. The standard InChI is InChI=1S/C5H12N2O2/c1-7-4(3-9-2)5(6)8/h4,7H,3H2,1-2H3,(H2,6,8)/t4-/m0/s1.